The van der Waals surface area contributed by atoms with Crippen LogP contribution in [0.2, 0.25) is 0 Å². The Kier molecular flexibility index (Phi) is 7.86. The molecule has 184 valence electrons. The summed E-state index contributed by atoms with van der Waals surface area (Å²) in [6.07, 6.45) is 3.30. The van der Waals surface area contributed by atoms with E-state index in [0.717, 1.165) is 55.4 Å². The minimum atomic E-state index is 0.859. The van der Waals surface area contributed by atoms with Crippen molar-refractivity contribution in [1.82, 2.24) is 14.4 Å². The Hall–Kier alpha value is -3.90. The third-order valence-electron chi connectivity index (χ3n) is 5.63. The smallest absolute Gasteiger partial charge is 0.188 e. The maximum atomic E-state index is 4.77. The largest absolute Gasteiger partial charge is 0.355 e. The van der Waals surface area contributed by atoms with Crippen LogP contribution in [-0.4, -0.2) is 14.4 Å². The van der Waals surface area contributed by atoms with Crippen molar-refractivity contribution in [2.24, 2.45) is 0 Å². The molecule has 0 saturated heterocycles. The number of fused-ring (bicyclic) bond motifs is 1. The zero-order valence-corrected chi connectivity index (χ0v) is 22.4. The molecule has 0 saturated carbocycles. The van der Waals surface area contributed by atoms with Gasteiger partial charge in [-0.1, -0.05) is 74.6 Å². The summed E-state index contributed by atoms with van der Waals surface area (Å²) >= 11 is 1.64. The first-order chi connectivity index (χ1) is 17.4. The van der Waals surface area contributed by atoms with Crippen molar-refractivity contribution in [3.05, 3.63) is 102 Å². The Morgan fingerprint density at radius 3 is 2.31 bits per heavy atom. The predicted molar refractivity (Wildman–Crippen MR) is 155 cm³/mol. The lowest BCUT2D eigenvalue weighted by atomic mass is 10.1. The number of para-hydroxylation sites is 1. The van der Waals surface area contributed by atoms with E-state index in [0.29, 0.717) is 0 Å². The number of pyridine rings is 1. The number of benzene rings is 2. The molecular weight excluding hydrogens is 462 g/mol. The second-order valence-corrected chi connectivity index (χ2v) is 9.74. The molecule has 0 fully saturated rings. The number of imidazole rings is 1. The highest BCUT2D eigenvalue weighted by Gasteiger charge is 2.17. The van der Waals surface area contributed by atoms with Crippen LogP contribution in [0.1, 0.15) is 42.8 Å². The number of nitrogens with one attached hydrogen (secondary N) is 2. The first-order valence-corrected chi connectivity index (χ1v) is 13.0. The molecule has 2 aromatic carbocycles. The van der Waals surface area contributed by atoms with Crippen molar-refractivity contribution in [3.63, 3.8) is 0 Å². The first kappa shape index (κ1) is 25.2. The molecule has 0 amide bonds. The number of anilines is 3. The molecule has 0 radical (unpaired) electrons. The van der Waals surface area contributed by atoms with E-state index in [-0.39, 0.29) is 0 Å². The number of nitrogens with zero attached hydrogens (tertiary/aromatic N) is 3. The van der Waals surface area contributed by atoms with E-state index < -0.39 is 0 Å². The molecule has 0 aliphatic carbocycles. The fourth-order valence-electron chi connectivity index (χ4n) is 3.88. The van der Waals surface area contributed by atoms with Gasteiger partial charge in [0.15, 0.2) is 5.13 Å². The lowest BCUT2D eigenvalue weighted by molar-refractivity contribution is 1.09. The van der Waals surface area contributed by atoms with Crippen molar-refractivity contribution in [2.75, 3.05) is 10.6 Å². The van der Waals surface area contributed by atoms with Gasteiger partial charge in [-0.25, -0.2) is 9.97 Å². The lowest BCUT2D eigenvalue weighted by Crippen LogP contribution is -1.99. The van der Waals surface area contributed by atoms with Gasteiger partial charge in [0.25, 0.3) is 0 Å². The van der Waals surface area contributed by atoms with Gasteiger partial charge in [0.05, 0.1) is 22.0 Å². The highest BCUT2D eigenvalue weighted by Crippen LogP contribution is 2.36. The molecule has 0 atom stereocenters. The summed E-state index contributed by atoms with van der Waals surface area (Å²) in [5.41, 5.74) is 9.19. The van der Waals surface area contributed by atoms with Crippen LogP contribution in [0.25, 0.3) is 21.9 Å². The van der Waals surface area contributed by atoms with Crippen LogP contribution in [0.3, 0.4) is 0 Å². The zero-order valence-electron chi connectivity index (χ0n) is 21.6. The summed E-state index contributed by atoms with van der Waals surface area (Å²) in [5, 5.41) is 7.71. The van der Waals surface area contributed by atoms with E-state index in [4.69, 9.17) is 9.97 Å². The van der Waals surface area contributed by atoms with Crippen LogP contribution < -0.4 is 10.6 Å². The maximum Gasteiger partial charge on any atom is 0.188 e. The van der Waals surface area contributed by atoms with E-state index in [1.807, 2.05) is 50.4 Å². The first-order valence-electron chi connectivity index (χ1n) is 12.2. The number of aromatic nitrogens is 3. The molecule has 0 unspecified atom stereocenters. The SMILES string of the molecule is C=C(Nc1ccccc1C)c1ccc(Nc2nc(C)c(-c3c(C)nc4ccccn34)s2)cc1.CCC. The molecule has 0 bridgehead atoms. The third kappa shape index (κ3) is 5.50. The molecule has 36 heavy (non-hydrogen) atoms. The zero-order chi connectivity index (χ0) is 25.7. The van der Waals surface area contributed by atoms with Crippen LogP contribution >= 0.6 is 11.3 Å². The topological polar surface area (TPSA) is 54.2 Å². The highest BCUT2D eigenvalue weighted by molar-refractivity contribution is 7.19. The number of rotatable bonds is 6. The Morgan fingerprint density at radius 1 is 0.889 bits per heavy atom. The molecule has 0 aliphatic heterocycles. The summed E-state index contributed by atoms with van der Waals surface area (Å²) in [7, 11) is 0. The van der Waals surface area contributed by atoms with Gasteiger partial charge < -0.3 is 10.6 Å². The molecule has 0 aliphatic rings. The number of thiazole rings is 1. The van der Waals surface area contributed by atoms with Gasteiger partial charge in [-0.05, 0) is 62.2 Å². The molecule has 3 aromatic heterocycles. The fourth-order valence-corrected chi connectivity index (χ4v) is 4.96. The van der Waals surface area contributed by atoms with Crippen LogP contribution in [0, 0.1) is 20.8 Å². The summed E-state index contributed by atoms with van der Waals surface area (Å²) in [6, 6.07) is 22.5. The van der Waals surface area contributed by atoms with Crippen molar-refractivity contribution >= 4 is 39.2 Å². The van der Waals surface area contributed by atoms with Crippen molar-refractivity contribution in [3.8, 4) is 10.6 Å². The number of hydrogen-bond acceptors (Lipinski definition) is 5. The average molecular weight is 496 g/mol. The van der Waals surface area contributed by atoms with Crippen molar-refractivity contribution < 1.29 is 0 Å². The number of aryl methyl sites for hydroxylation is 3. The Balaban J connectivity index is 0.000000967. The minimum Gasteiger partial charge on any atom is -0.355 e. The monoisotopic (exact) mass is 495 g/mol. The second kappa shape index (κ2) is 11.2. The Bertz CT molecular complexity index is 1480. The predicted octanol–water partition coefficient (Wildman–Crippen LogP) is 8.63. The Labute approximate surface area is 217 Å². The fraction of sp³-hybridized carbons (Fsp3) is 0.200. The molecule has 3 heterocycles. The van der Waals surface area contributed by atoms with E-state index in [1.54, 1.807) is 11.3 Å². The summed E-state index contributed by atoms with van der Waals surface area (Å²) < 4.78 is 2.13. The van der Waals surface area contributed by atoms with Gasteiger partial charge in [0.2, 0.25) is 0 Å². The van der Waals surface area contributed by atoms with E-state index in [9.17, 15) is 0 Å². The highest BCUT2D eigenvalue weighted by atomic mass is 32.1. The molecule has 0 spiro atoms. The van der Waals surface area contributed by atoms with Crippen molar-refractivity contribution in [2.45, 2.75) is 41.0 Å². The number of hydrogen-bond donors (Lipinski definition) is 2. The molecule has 5 aromatic rings. The van der Waals surface area contributed by atoms with Crippen LogP contribution in [0.15, 0.2) is 79.5 Å². The summed E-state index contributed by atoms with van der Waals surface area (Å²) in [6.45, 7) is 14.6. The molecule has 5 nitrogen and oxygen atoms in total. The van der Waals surface area contributed by atoms with E-state index in [2.05, 4.69) is 78.8 Å². The van der Waals surface area contributed by atoms with Gasteiger partial charge in [0, 0.05) is 23.3 Å². The molecule has 6 heteroatoms. The van der Waals surface area contributed by atoms with Gasteiger partial charge in [-0.15, -0.1) is 0 Å². The minimum absolute atomic E-state index is 0.859. The standard InChI is InChI=1S/C27H25N5S.C3H8/c1-17-9-5-6-10-23(17)28-18(2)21-12-14-22(15-13-21)31-27-30-20(4)26(33-27)25-19(3)29-24-11-7-8-16-32(24)25;1-3-2/h5-16,28H,2H2,1,3-4H3,(H,30,31);3H2,1-2H3. The third-order valence-corrected chi connectivity index (χ3v) is 6.71. The van der Waals surface area contributed by atoms with Crippen molar-refractivity contribution in [1.29, 1.82) is 0 Å². The second-order valence-electron chi connectivity index (χ2n) is 8.74. The maximum absolute atomic E-state index is 4.77. The Morgan fingerprint density at radius 2 is 1.58 bits per heavy atom. The van der Waals surface area contributed by atoms with Crippen LogP contribution in [-0.2, 0) is 0 Å². The normalized spacial score (nSPS) is 10.6. The van der Waals surface area contributed by atoms with E-state index >= 15 is 0 Å². The quantitative estimate of drug-likeness (QED) is 0.247. The average Bonchev–Trinajstić information content (AvgIpc) is 3.39. The van der Waals surface area contributed by atoms with Gasteiger partial charge in [-0.3, -0.25) is 4.40 Å². The van der Waals surface area contributed by atoms with Crippen LogP contribution in [0.5, 0.6) is 0 Å². The molecule has 5 rings (SSSR count). The molecular formula is C30H33N5S. The van der Waals surface area contributed by atoms with E-state index in [1.165, 1.54) is 12.0 Å². The van der Waals surface area contributed by atoms with Gasteiger partial charge in [0.1, 0.15) is 5.65 Å². The van der Waals surface area contributed by atoms with Crippen LogP contribution in [0.4, 0.5) is 16.5 Å². The van der Waals surface area contributed by atoms with Gasteiger partial charge in [-0.2, -0.15) is 0 Å². The lowest BCUT2D eigenvalue weighted by Gasteiger charge is -2.12. The van der Waals surface area contributed by atoms with Gasteiger partial charge >= 0.3 is 0 Å². The molecule has 2 N–H and O–H groups in total. The summed E-state index contributed by atoms with van der Waals surface area (Å²) in [4.78, 5) is 10.6. The summed E-state index contributed by atoms with van der Waals surface area (Å²) in [5.74, 6) is 0.